The van der Waals surface area contributed by atoms with Crippen molar-refractivity contribution in [1.29, 1.82) is 0 Å². The minimum Gasteiger partial charge on any atom is -0.456 e. The monoisotopic (exact) mass is 366 g/mol. The van der Waals surface area contributed by atoms with Crippen LogP contribution in [-0.2, 0) is 6.54 Å². The molecule has 1 aliphatic carbocycles. The SMILES string of the molecule is CC[n+]1ccc(/C=C/C2=C3Oc4ccccc4C=C3CCC2)c2ccccc21. The molecule has 5 rings (SSSR count). The Balaban J connectivity index is 1.56. The molecule has 0 N–H and O–H groups in total. The van der Waals surface area contributed by atoms with Crippen LogP contribution in [0.15, 0.2) is 83.8 Å². The molecule has 0 radical (unpaired) electrons. The maximum absolute atomic E-state index is 6.32. The van der Waals surface area contributed by atoms with Gasteiger partial charge in [0.2, 0.25) is 5.52 Å². The van der Waals surface area contributed by atoms with Crippen molar-refractivity contribution in [2.45, 2.75) is 32.7 Å². The zero-order valence-corrected chi connectivity index (χ0v) is 16.2. The van der Waals surface area contributed by atoms with Crippen LogP contribution in [0.25, 0.3) is 23.1 Å². The van der Waals surface area contributed by atoms with Crippen LogP contribution in [0, 0.1) is 0 Å². The van der Waals surface area contributed by atoms with Gasteiger partial charge in [-0.1, -0.05) is 42.5 Å². The lowest BCUT2D eigenvalue weighted by Crippen LogP contribution is -2.32. The lowest BCUT2D eigenvalue weighted by molar-refractivity contribution is -0.667. The number of fused-ring (bicyclic) bond motifs is 3. The molecule has 0 amide bonds. The first-order valence-corrected chi connectivity index (χ1v) is 10.1. The van der Waals surface area contributed by atoms with Gasteiger partial charge in [0.05, 0.1) is 5.39 Å². The molecule has 0 saturated carbocycles. The van der Waals surface area contributed by atoms with Gasteiger partial charge in [0, 0.05) is 17.7 Å². The summed E-state index contributed by atoms with van der Waals surface area (Å²) in [6.07, 6.45) is 12.3. The minimum atomic E-state index is 0.961. The lowest BCUT2D eigenvalue weighted by Gasteiger charge is -2.26. The highest BCUT2D eigenvalue weighted by Crippen LogP contribution is 2.39. The average Bonchev–Trinajstić information content (AvgIpc) is 2.76. The molecule has 1 aromatic heterocycles. The van der Waals surface area contributed by atoms with Crippen LogP contribution in [0.4, 0.5) is 0 Å². The minimum absolute atomic E-state index is 0.961. The summed E-state index contributed by atoms with van der Waals surface area (Å²) in [5.74, 6) is 2.02. The molecule has 0 spiro atoms. The van der Waals surface area contributed by atoms with E-state index in [1.165, 1.54) is 39.6 Å². The summed E-state index contributed by atoms with van der Waals surface area (Å²) in [6, 6.07) is 19.1. The molecular formula is C26H24NO+. The highest BCUT2D eigenvalue weighted by atomic mass is 16.5. The number of hydrogen-bond acceptors (Lipinski definition) is 1. The van der Waals surface area contributed by atoms with Crippen LogP contribution < -0.4 is 9.30 Å². The molecule has 2 heterocycles. The molecule has 1 aliphatic heterocycles. The van der Waals surface area contributed by atoms with Crippen molar-refractivity contribution in [2.24, 2.45) is 0 Å². The van der Waals surface area contributed by atoms with Gasteiger partial charge in [0.15, 0.2) is 6.20 Å². The molecule has 0 saturated heterocycles. The van der Waals surface area contributed by atoms with Crippen LogP contribution in [0.1, 0.15) is 37.3 Å². The first-order chi connectivity index (χ1) is 13.8. The summed E-state index contributed by atoms with van der Waals surface area (Å²) >= 11 is 0. The Bertz CT molecular complexity index is 1150. The van der Waals surface area contributed by atoms with E-state index in [4.69, 9.17) is 4.74 Å². The summed E-state index contributed by atoms with van der Waals surface area (Å²) in [4.78, 5) is 0. The van der Waals surface area contributed by atoms with E-state index in [0.29, 0.717) is 0 Å². The largest absolute Gasteiger partial charge is 0.456 e. The van der Waals surface area contributed by atoms with Crippen molar-refractivity contribution in [3.63, 3.8) is 0 Å². The highest BCUT2D eigenvalue weighted by molar-refractivity contribution is 5.86. The zero-order valence-electron chi connectivity index (χ0n) is 16.2. The average molecular weight is 366 g/mol. The number of allylic oxidation sites excluding steroid dienone is 3. The Kier molecular flexibility index (Phi) is 4.32. The lowest BCUT2D eigenvalue weighted by atomic mass is 9.89. The number of pyridine rings is 1. The molecular weight excluding hydrogens is 342 g/mol. The van der Waals surface area contributed by atoms with Crippen LogP contribution in [0.2, 0.25) is 0 Å². The van der Waals surface area contributed by atoms with Crippen molar-refractivity contribution < 1.29 is 9.30 Å². The Morgan fingerprint density at radius 3 is 2.75 bits per heavy atom. The number of hydrogen-bond donors (Lipinski definition) is 0. The van der Waals surface area contributed by atoms with Gasteiger partial charge >= 0.3 is 0 Å². The fourth-order valence-corrected chi connectivity index (χ4v) is 4.24. The van der Waals surface area contributed by atoms with E-state index in [0.717, 1.165) is 30.9 Å². The standard InChI is InChI=1S/C26H24NO/c1-2-27-17-16-19(23-11-4-5-12-24(23)27)14-15-20-9-7-10-22-18-21-8-3-6-13-25(21)28-26(20)22/h3-6,8,11-18H,2,7,9-10H2,1H3/q+1/b15-14+. The Labute approximate surface area is 166 Å². The van der Waals surface area contributed by atoms with Gasteiger partial charge in [-0.25, -0.2) is 0 Å². The number of ether oxygens (including phenoxy) is 1. The molecule has 2 aliphatic rings. The topological polar surface area (TPSA) is 13.1 Å². The zero-order chi connectivity index (χ0) is 18.9. The number of rotatable bonds is 3. The molecule has 0 bridgehead atoms. The van der Waals surface area contributed by atoms with E-state index in [1.54, 1.807) is 0 Å². The van der Waals surface area contributed by atoms with Crippen LogP contribution in [0.3, 0.4) is 0 Å². The number of aromatic nitrogens is 1. The van der Waals surface area contributed by atoms with Crippen LogP contribution in [-0.4, -0.2) is 0 Å². The summed E-state index contributed by atoms with van der Waals surface area (Å²) < 4.78 is 8.61. The second kappa shape index (κ2) is 7.12. The molecule has 138 valence electrons. The van der Waals surface area contributed by atoms with Crippen molar-refractivity contribution >= 4 is 23.1 Å². The smallest absolute Gasteiger partial charge is 0.213 e. The van der Waals surface area contributed by atoms with Crippen molar-refractivity contribution in [3.8, 4) is 5.75 Å². The normalized spacial score (nSPS) is 16.0. The van der Waals surface area contributed by atoms with Crippen LogP contribution in [0.5, 0.6) is 5.75 Å². The van der Waals surface area contributed by atoms with E-state index in [-0.39, 0.29) is 0 Å². The van der Waals surface area contributed by atoms with Gasteiger partial charge in [-0.15, -0.1) is 0 Å². The number of aryl methyl sites for hydroxylation is 1. The second-order valence-corrected chi connectivity index (χ2v) is 7.42. The first-order valence-electron chi connectivity index (χ1n) is 10.1. The molecule has 0 atom stereocenters. The fourth-order valence-electron chi connectivity index (χ4n) is 4.24. The van der Waals surface area contributed by atoms with Gasteiger partial charge < -0.3 is 4.74 Å². The summed E-state index contributed by atoms with van der Waals surface area (Å²) in [6.45, 7) is 3.16. The maximum Gasteiger partial charge on any atom is 0.213 e. The third-order valence-electron chi connectivity index (χ3n) is 5.70. The number of nitrogens with zero attached hydrogens (tertiary/aromatic N) is 1. The highest BCUT2D eigenvalue weighted by Gasteiger charge is 2.23. The second-order valence-electron chi connectivity index (χ2n) is 7.42. The Hall–Kier alpha value is -3.13. The molecule has 2 heteroatoms. The summed E-state index contributed by atoms with van der Waals surface area (Å²) in [5, 5.41) is 1.29. The fraction of sp³-hybridized carbons (Fsp3) is 0.192. The van der Waals surface area contributed by atoms with Gasteiger partial charge in [0.1, 0.15) is 18.1 Å². The first kappa shape index (κ1) is 17.0. The van der Waals surface area contributed by atoms with Crippen LogP contribution >= 0.6 is 0 Å². The Morgan fingerprint density at radius 2 is 1.82 bits per heavy atom. The van der Waals surface area contributed by atoms with E-state index < -0.39 is 0 Å². The molecule has 28 heavy (non-hydrogen) atoms. The molecule has 3 aromatic rings. The van der Waals surface area contributed by atoms with Gasteiger partial charge in [-0.05, 0) is 61.1 Å². The van der Waals surface area contributed by atoms with E-state index in [2.05, 4.69) is 84.4 Å². The van der Waals surface area contributed by atoms with E-state index >= 15 is 0 Å². The third kappa shape index (κ3) is 2.95. The summed E-state index contributed by atoms with van der Waals surface area (Å²) in [7, 11) is 0. The van der Waals surface area contributed by atoms with Gasteiger partial charge in [-0.2, -0.15) is 4.57 Å². The predicted molar refractivity (Wildman–Crippen MR) is 115 cm³/mol. The van der Waals surface area contributed by atoms with Gasteiger partial charge in [-0.3, -0.25) is 0 Å². The van der Waals surface area contributed by atoms with E-state index in [9.17, 15) is 0 Å². The molecule has 2 nitrogen and oxygen atoms in total. The van der Waals surface area contributed by atoms with E-state index in [1.807, 2.05) is 6.07 Å². The number of para-hydroxylation sites is 2. The third-order valence-corrected chi connectivity index (χ3v) is 5.70. The summed E-state index contributed by atoms with van der Waals surface area (Å²) in [5.41, 5.74) is 6.33. The Morgan fingerprint density at radius 1 is 0.964 bits per heavy atom. The quantitative estimate of drug-likeness (QED) is 0.512. The molecule has 0 fully saturated rings. The van der Waals surface area contributed by atoms with Crippen molar-refractivity contribution in [3.05, 3.63) is 94.9 Å². The maximum atomic E-state index is 6.32. The van der Waals surface area contributed by atoms with Crippen molar-refractivity contribution in [1.82, 2.24) is 0 Å². The van der Waals surface area contributed by atoms with Crippen molar-refractivity contribution in [2.75, 3.05) is 0 Å². The molecule has 0 unspecified atom stereocenters. The predicted octanol–water partition coefficient (Wildman–Crippen LogP) is 6.07. The molecule has 2 aromatic carbocycles. The number of benzene rings is 2. The van der Waals surface area contributed by atoms with Gasteiger partial charge in [0.25, 0.3) is 0 Å².